The number of hydrogen-bond donors (Lipinski definition) is 1. The molecular weight excluding hydrogens is 335 g/mol. The number of aromatic nitrogens is 4. The SMILES string of the molecule is O=c1onc(-c2nonc2OCCO)n1-c1ccc(F)c(Cl)c1. The normalized spacial score (nSPS) is 10.9. The van der Waals surface area contributed by atoms with E-state index in [1.807, 2.05) is 0 Å². The van der Waals surface area contributed by atoms with E-state index in [0.29, 0.717) is 0 Å². The van der Waals surface area contributed by atoms with E-state index in [4.69, 9.17) is 21.4 Å². The molecule has 2 aromatic heterocycles. The zero-order valence-corrected chi connectivity index (χ0v) is 12.0. The Morgan fingerprint density at radius 1 is 1.35 bits per heavy atom. The molecule has 23 heavy (non-hydrogen) atoms. The van der Waals surface area contributed by atoms with E-state index in [-0.39, 0.29) is 41.3 Å². The second-order valence-electron chi connectivity index (χ2n) is 4.20. The minimum atomic E-state index is -0.848. The van der Waals surface area contributed by atoms with Gasteiger partial charge in [-0.2, -0.15) is 0 Å². The quantitative estimate of drug-likeness (QED) is 0.731. The van der Waals surface area contributed by atoms with Crippen molar-refractivity contribution in [2.75, 3.05) is 13.2 Å². The Balaban J connectivity index is 2.11. The lowest BCUT2D eigenvalue weighted by molar-refractivity contribution is 0.187. The molecule has 11 heteroatoms. The van der Waals surface area contributed by atoms with Crippen molar-refractivity contribution in [2.45, 2.75) is 0 Å². The first-order chi connectivity index (χ1) is 11.1. The Bertz CT molecular complexity index is 890. The average molecular weight is 343 g/mol. The van der Waals surface area contributed by atoms with Crippen LogP contribution in [0.25, 0.3) is 17.2 Å². The maximum absolute atomic E-state index is 13.3. The second kappa shape index (κ2) is 6.18. The molecule has 120 valence electrons. The summed E-state index contributed by atoms with van der Waals surface area (Å²) in [5, 5.41) is 19.3. The van der Waals surface area contributed by atoms with Gasteiger partial charge in [0, 0.05) is 0 Å². The van der Waals surface area contributed by atoms with Crippen LogP contribution in [0, 0.1) is 5.82 Å². The number of nitrogens with zero attached hydrogens (tertiary/aromatic N) is 4. The number of rotatable bonds is 5. The van der Waals surface area contributed by atoms with Gasteiger partial charge in [-0.05, 0) is 28.5 Å². The van der Waals surface area contributed by atoms with Gasteiger partial charge in [-0.25, -0.2) is 18.4 Å². The Labute approximate surface area is 131 Å². The van der Waals surface area contributed by atoms with Gasteiger partial charge in [0.25, 0.3) is 5.88 Å². The van der Waals surface area contributed by atoms with Crippen molar-refractivity contribution in [1.82, 2.24) is 20.0 Å². The molecule has 0 amide bonds. The van der Waals surface area contributed by atoms with Crippen molar-refractivity contribution in [1.29, 1.82) is 0 Å². The lowest BCUT2D eigenvalue weighted by Crippen LogP contribution is -2.14. The fourth-order valence-electron chi connectivity index (χ4n) is 1.81. The van der Waals surface area contributed by atoms with Crippen LogP contribution < -0.4 is 10.5 Å². The summed E-state index contributed by atoms with van der Waals surface area (Å²) >= 11 is 5.72. The van der Waals surface area contributed by atoms with Gasteiger partial charge in [0.1, 0.15) is 12.4 Å². The fraction of sp³-hybridized carbons (Fsp3) is 0.167. The smallest absolute Gasteiger partial charge is 0.446 e. The average Bonchev–Trinajstić information content (AvgIpc) is 3.14. The van der Waals surface area contributed by atoms with Crippen LogP contribution in [0.5, 0.6) is 5.88 Å². The molecule has 1 aromatic carbocycles. The third kappa shape index (κ3) is 2.81. The summed E-state index contributed by atoms with van der Waals surface area (Å²) in [4.78, 5) is 11.9. The summed E-state index contributed by atoms with van der Waals surface area (Å²) in [5.74, 6) is -1.66. The highest BCUT2D eigenvalue weighted by Crippen LogP contribution is 2.27. The molecule has 0 bridgehead atoms. The summed E-state index contributed by atoms with van der Waals surface area (Å²) < 4.78 is 28.6. The topological polar surface area (TPSA) is 116 Å². The van der Waals surface area contributed by atoms with Gasteiger partial charge in [-0.15, -0.1) is 0 Å². The molecule has 2 heterocycles. The molecule has 0 saturated carbocycles. The van der Waals surface area contributed by atoms with Crippen molar-refractivity contribution in [3.05, 3.63) is 39.6 Å². The van der Waals surface area contributed by atoms with Gasteiger partial charge < -0.3 is 9.84 Å². The van der Waals surface area contributed by atoms with Crippen LogP contribution in [0.1, 0.15) is 0 Å². The standard InChI is InChI=1S/C12H8ClFN4O5/c13-7-5-6(1-2-8(7)14)18-10(16-22-12(18)20)9-11(17-23-15-9)21-4-3-19/h1-2,5,19H,3-4H2. The fourth-order valence-corrected chi connectivity index (χ4v) is 1.98. The first-order valence-electron chi connectivity index (χ1n) is 6.22. The first-order valence-corrected chi connectivity index (χ1v) is 6.60. The molecule has 0 unspecified atom stereocenters. The highest BCUT2D eigenvalue weighted by molar-refractivity contribution is 6.30. The first kappa shape index (κ1) is 15.2. The monoisotopic (exact) mass is 342 g/mol. The van der Waals surface area contributed by atoms with Gasteiger partial charge >= 0.3 is 5.76 Å². The molecule has 0 aliphatic heterocycles. The van der Waals surface area contributed by atoms with E-state index in [1.54, 1.807) is 0 Å². The van der Waals surface area contributed by atoms with Crippen LogP contribution >= 0.6 is 11.6 Å². The van der Waals surface area contributed by atoms with Crippen molar-refractivity contribution in [3.8, 4) is 23.1 Å². The predicted molar refractivity (Wildman–Crippen MR) is 72.9 cm³/mol. The van der Waals surface area contributed by atoms with Crippen molar-refractivity contribution in [2.24, 2.45) is 0 Å². The van der Waals surface area contributed by atoms with Gasteiger partial charge in [0.2, 0.25) is 11.5 Å². The number of halogens is 2. The molecule has 3 rings (SSSR count). The van der Waals surface area contributed by atoms with Crippen LogP contribution in [0.3, 0.4) is 0 Å². The Morgan fingerprint density at radius 2 is 2.17 bits per heavy atom. The third-order valence-electron chi connectivity index (χ3n) is 2.77. The van der Waals surface area contributed by atoms with E-state index in [1.165, 1.54) is 12.1 Å². The van der Waals surface area contributed by atoms with Crippen molar-refractivity contribution < 1.29 is 23.4 Å². The molecule has 0 spiro atoms. The predicted octanol–water partition coefficient (Wildman–Crippen LogP) is 1.04. The number of ether oxygens (including phenoxy) is 1. The maximum atomic E-state index is 13.3. The summed E-state index contributed by atoms with van der Waals surface area (Å²) in [6.07, 6.45) is 0. The Kier molecular flexibility index (Phi) is 4.08. The Morgan fingerprint density at radius 3 is 2.91 bits per heavy atom. The van der Waals surface area contributed by atoms with Gasteiger partial charge in [0.05, 0.1) is 17.3 Å². The zero-order valence-electron chi connectivity index (χ0n) is 11.3. The molecular formula is C12H8ClFN4O5. The highest BCUT2D eigenvalue weighted by atomic mass is 35.5. The highest BCUT2D eigenvalue weighted by Gasteiger charge is 2.24. The molecule has 0 saturated heterocycles. The van der Waals surface area contributed by atoms with Crippen LogP contribution in [0.2, 0.25) is 5.02 Å². The molecule has 0 aliphatic rings. The summed E-state index contributed by atoms with van der Waals surface area (Å²) in [6, 6.07) is 3.62. The molecule has 0 radical (unpaired) electrons. The third-order valence-corrected chi connectivity index (χ3v) is 3.06. The molecule has 3 aromatic rings. The lowest BCUT2D eigenvalue weighted by Gasteiger charge is -2.04. The lowest BCUT2D eigenvalue weighted by atomic mass is 10.3. The molecule has 9 nitrogen and oxygen atoms in total. The number of aliphatic hydroxyl groups excluding tert-OH is 1. The van der Waals surface area contributed by atoms with Gasteiger partial charge in [-0.3, -0.25) is 4.52 Å². The van der Waals surface area contributed by atoms with E-state index >= 15 is 0 Å². The molecule has 0 fully saturated rings. The largest absolute Gasteiger partial charge is 0.471 e. The summed E-state index contributed by atoms with van der Waals surface area (Å²) in [5.41, 5.74) is 0.179. The second-order valence-corrected chi connectivity index (χ2v) is 4.60. The Hall–Kier alpha value is -2.72. The minimum absolute atomic E-state index is 0.0234. The molecule has 0 aliphatic carbocycles. The van der Waals surface area contributed by atoms with E-state index in [0.717, 1.165) is 10.6 Å². The van der Waals surface area contributed by atoms with Crippen molar-refractivity contribution >= 4 is 11.6 Å². The van der Waals surface area contributed by atoms with Crippen molar-refractivity contribution in [3.63, 3.8) is 0 Å². The number of aliphatic hydroxyl groups is 1. The molecule has 0 atom stereocenters. The summed E-state index contributed by atoms with van der Waals surface area (Å²) in [7, 11) is 0. The minimum Gasteiger partial charge on any atom is -0.471 e. The number of benzene rings is 1. The van der Waals surface area contributed by atoms with Gasteiger partial charge in [-0.1, -0.05) is 16.8 Å². The van der Waals surface area contributed by atoms with E-state index < -0.39 is 11.6 Å². The van der Waals surface area contributed by atoms with E-state index in [9.17, 15) is 9.18 Å². The van der Waals surface area contributed by atoms with Crippen LogP contribution in [-0.2, 0) is 0 Å². The van der Waals surface area contributed by atoms with Crippen LogP contribution in [0.15, 0.2) is 32.1 Å². The zero-order chi connectivity index (χ0) is 16.4. The van der Waals surface area contributed by atoms with Gasteiger partial charge in [0.15, 0.2) is 0 Å². The summed E-state index contributed by atoms with van der Waals surface area (Å²) in [6.45, 7) is -0.322. The van der Waals surface area contributed by atoms with E-state index in [2.05, 4.69) is 24.6 Å². The van der Waals surface area contributed by atoms with Crippen LogP contribution in [-0.4, -0.2) is 38.4 Å². The van der Waals surface area contributed by atoms with Crippen LogP contribution in [0.4, 0.5) is 4.39 Å². The number of hydrogen-bond acceptors (Lipinski definition) is 8. The molecule has 1 N–H and O–H groups in total. The maximum Gasteiger partial charge on any atom is 0.446 e.